The van der Waals surface area contributed by atoms with Gasteiger partial charge >= 0.3 is 0 Å². The Kier molecular flexibility index (Phi) is 7.58. The molecule has 33 heavy (non-hydrogen) atoms. The predicted octanol–water partition coefficient (Wildman–Crippen LogP) is 5.25. The smallest absolute Gasteiger partial charge is 0.232 e. The van der Waals surface area contributed by atoms with Gasteiger partial charge in [0.15, 0.2) is 0 Å². The lowest BCUT2D eigenvalue weighted by molar-refractivity contribution is -0.120. The molecule has 0 spiro atoms. The van der Waals surface area contributed by atoms with Crippen LogP contribution in [-0.4, -0.2) is 43.2 Å². The van der Waals surface area contributed by atoms with Gasteiger partial charge in [0.25, 0.3) is 0 Å². The number of carbonyl (C=O) groups excluding carboxylic acids is 1. The number of hydrogen-bond donors (Lipinski definition) is 0. The number of likely N-dealkylation sites (tertiary alicyclic amines) is 1. The van der Waals surface area contributed by atoms with Crippen LogP contribution in [0.2, 0.25) is 0 Å². The molecule has 0 aliphatic carbocycles. The number of para-hydroxylation sites is 1. The summed E-state index contributed by atoms with van der Waals surface area (Å²) in [6, 6.07) is 28.9. The minimum atomic E-state index is -0.361. The van der Waals surface area contributed by atoms with E-state index < -0.39 is 0 Å². The fourth-order valence-electron chi connectivity index (χ4n) is 4.99. The fourth-order valence-corrected chi connectivity index (χ4v) is 4.99. The van der Waals surface area contributed by atoms with Crippen LogP contribution in [0.5, 0.6) is 0 Å². The van der Waals surface area contributed by atoms with Gasteiger partial charge < -0.3 is 9.64 Å². The maximum absolute atomic E-state index is 13.9. The second kappa shape index (κ2) is 10.8. The van der Waals surface area contributed by atoms with Gasteiger partial charge in [0.2, 0.25) is 5.91 Å². The minimum Gasteiger partial charge on any atom is -0.382 e. The van der Waals surface area contributed by atoms with Crippen molar-refractivity contribution in [3.05, 3.63) is 102 Å². The molecular weight excluding hydrogens is 408 g/mol. The molecule has 4 heteroatoms. The number of amides is 1. The molecule has 0 bridgehead atoms. The second-order valence-electron chi connectivity index (χ2n) is 9.10. The van der Waals surface area contributed by atoms with Gasteiger partial charge in [-0.25, -0.2) is 0 Å². The Balaban J connectivity index is 1.61. The molecule has 172 valence electrons. The maximum Gasteiger partial charge on any atom is 0.232 e. The Bertz CT molecular complexity index is 1030. The van der Waals surface area contributed by atoms with E-state index in [4.69, 9.17) is 4.74 Å². The van der Waals surface area contributed by atoms with Crippen LogP contribution in [0, 0.1) is 6.92 Å². The number of anilines is 1. The Morgan fingerprint density at radius 3 is 2.06 bits per heavy atom. The first-order valence-electron chi connectivity index (χ1n) is 11.8. The minimum absolute atomic E-state index is 0.129. The first kappa shape index (κ1) is 23.2. The first-order valence-corrected chi connectivity index (χ1v) is 11.8. The number of hydrogen-bond acceptors (Lipinski definition) is 3. The molecule has 0 unspecified atom stereocenters. The molecule has 1 amide bonds. The van der Waals surface area contributed by atoms with E-state index in [2.05, 4.69) is 59.2 Å². The molecule has 1 aliphatic heterocycles. The molecule has 1 saturated heterocycles. The lowest BCUT2D eigenvalue weighted by Crippen LogP contribution is -2.60. The molecule has 1 heterocycles. The van der Waals surface area contributed by atoms with E-state index in [1.54, 1.807) is 7.11 Å². The lowest BCUT2D eigenvalue weighted by atomic mass is 9.84. The zero-order valence-electron chi connectivity index (χ0n) is 19.7. The summed E-state index contributed by atoms with van der Waals surface area (Å²) in [6.07, 6.45) is 2.14. The molecule has 0 aromatic heterocycles. The number of benzene rings is 3. The molecule has 3 aromatic rings. The van der Waals surface area contributed by atoms with E-state index in [1.165, 1.54) is 5.56 Å². The number of piperidine rings is 1. The molecule has 0 N–H and O–H groups in total. The highest BCUT2D eigenvalue weighted by Crippen LogP contribution is 2.36. The van der Waals surface area contributed by atoms with Crippen molar-refractivity contribution in [2.24, 2.45) is 0 Å². The number of carbonyl (C=O) groups is 1. The van der Waals surface area contributed by atoms with Gasteiger partial charge in [-0.1, -0.05) is 78.9 Å². The topological polar surface area (TPSA) is 32.8 Å². The summed E-state index contributed by atoms with van der Waals surface area (Å²) in [6.45, 7) is 5.41. The standard InChI is InChI=1S/C29H34N2O2/c1-24-11-9-10-16-27(24)31(28(32)21-25-12-5-3-6-13-25)29(23-33-2)17-19-30(20-18-29)22-26-14-7-4-8-15-26/h3-16H,17-23H2,1-2H3. The van der Waals surface area contributed by atoms with Crippen molar-refractivity contribution in [2.75, 3.05) is 31.7 Å². The molecular formula is C29H34N2O2. The number of ether oxygens (including phenoxy) is 1. The van der Waals surface area contributed by atoms with Crippen LogP contribution in [0.15, 0.2) is 84.9 Å². The van der Waals surface area contributed by atoms with Crippen molar-refractivity contribution in [3.63, 3.8) is 0 Å². The van der Waals surface area contributed by atoms with Crippen LogP contribution in [0.25, 0.3) is 0 Å². The van der Waals surface area contributed by atoms with E-state index in [0.717, 1.165) is 49.3 Å². The fraction of sp³-hybridized carbons (Fsp3) is 0.345. The van der Waals surface area contributed by atoms with E-state index >= 15 is 0 Å². The van der Waals surface area contributed by atoms with Crippen LogP contribution in [0.1, 0.15) is 29.5 Å². The van der Waals surface area contributed by atoms with Gasteiger partial charge in [0, 0.05) is 32.4 Å². The Hall–Kier alpha value is -2.95. The van der Waals surface area contributed by atoms with E-state index in [9.17, 15) is 4.79 Å². The summed E-state index contributed by atoms with van der Waals surface area (Å²) in [5.74, 6) is 0.129. The number of rotatable bonds is 8. The molecule has 4 nitrogen and oxygen atoms in total. The zero-order valence-corrected chi connectivity index (χ0v) is 19.7. The van der Waals surface area contributed by atoms with Crippen LogP contribution in [-0.2, 0) is 22.5 Å². The van der Waals surface area contributed by atoms with Crippen molar-refractivity contribution in [1.82, 2.24) is 4.90 Å². The number of methoxy groups -OCH3 is 1. The average molecular weight is 443 g/mol. The van der Waals surface area contributed by atoms with E-state index in [1.807, 2.05) is 42.5 Å². The van der Waals surface area contributed by atoms with Crippen molar-refractivity contribution in [2.45, 2.75) is 38.3 Å². The quantitative estimate of drug-likeness (QED) is 0.478. The molecule has 4 rings (SSSR count). The third-order valence-electron chi connectivity index (χ3n) is 6.73. The van der Waals surface area contributed by atoms with Gasteiger partial charge in [-0.2, -0.15) is 0 Å². The monoisotopic (exact) mass is 442 g/mol. The van der Waals surface area contributed by atoms with Crippen molar-refractivity contribution < 1.29 is 9.53 Å². The number of nitrogens with zero attached hydrogens (tertiary/aromatic N) is 2. The maximum atomic E-state index is 13.9. The summed E-state index contributed by atoms with van der Waals surface area (Å²) in [5, 5.41) is 0. The van der Waals surface area contributed by atoms with Gasteiger partial charge in [-0.15, -0.1) is 0 Å². The van der Waals surface area contributed by atoms with Crippen LogP contribution < -0.4 is 4.90 Å². The third kappa shape index (κ3) is 5.52. The number of aryl methyl sites for hydroxylation is 1. The Morgan fingerprint density at radius 1 is 0.879 bits per heavy atom. The summed E-state index contributed by atoms with van der Waals surface area (Å²) >= 11 is 0. The second-order valence-corrected chi connectivity index (χ2v) is 9.10. The largest absolute Gasteiger partial charge is 0.382 e. The van der Waals surface area contributed by atoms with Crippen molar-refractivity contribution in [1.29, 1.82) is 0 Å². The highest BCUT2D eigenvalue weighted by Gasteiger charge is 2.43. The molecule has 1 aliphatic rings. The third-order valence-corrected chi connectivity index (χ3v) is 6.73. The van der Waals surface area contributed by atoms with Gasteiger partial charge in [0.05, 0.1) is 18.6 Å². The lowest BCUT2D eigenvalue weighted by Gasteiger charge is -2.49. The predicted molar refractivity (Wildman–Crippen MR) is 134 cm³/mol. The average Bonchev–Trinajstić information content (AvgIpc) is 2.83. The van der Waals surface area contributed by atoms with Crippen molar-refractivity contribution in [3.8, 4) is 0 Å². The van der Waals surface area contributed by atoms with Crippen LogP contribution in [0.4, 0.5) is 5.69 Å². The van der Waals surface area contributed by atoms with Gasteiger partial charge in [-0.05, 0) is 42.5 Å². The van der Waals surface area contributed by atoms with Crippen LogP contribution >= 0.6 is 0 Å². The molecule has 0 atom stereocenters. The SMILES string of the molecule is COCC1(N(C(=O)Cc2ccccc2)c2ccccc2C)CCN(Cc2ccccc2)CC1. The normalized spacial score (nSPS) is 15.8. The first-order chi connectivity index (χ1) is 16.1. The van der Waals surface area contributed by atoms with Crippen molar-refractivity contribution >= 4 is 11.6 Å². The summed E-state index contributed by atoms with van der Waals surface area (Å²) in [7, 11) is 1.75. The molecule has 3 aromatic carbocycles. The molecule has 1 fully saturated rings. The zero-order chi connectivity index (χ0) is 23.1. The van der Waals surface area contributed by atoms with Crippen LogP contribution in [0.3, 0.4) is 0 Å². The van der Waals surface area contributed by atoms with E-state index in [0.29, 0.717) is 13.0 Å². The molecule has 0 radical (unpaired) electrons. The summed E-state index contributed by atoms with van der Waals surface area (Å²) in [4.78, 5) is 18.4. The van der Waals surface area contributed by atoms with E-state index in [-0.39, 0.29) is 11.4 Å². The summed E-state index contributed by atoms with van der Waals surface area (Å²) < 4.78 is 5.77. The Labute approximate surface area is 197 Å². The summed E-state index contributed by atoms with van der Waals surface area (Å²) in [5.41, 5.74) is 4.11. The highest BCUT2D eigenvalue weighted by atomic mass is 16.5. The highest BCUT2D eigenvalue weighted by molar-refractivity contribution is 5.97. The van der Waals surface area contributed by atoms with Gasteiger partial charge in [-0.3, -0.25) is 9.69 Å². The Morgan fingerprint density at radius 2 is 1.45 bits per heavy atom. The molecule has 0 saturated carbocycles. The van der Waals surface area contributed by atoms with Gasteiger partial charge in [0.1, 0.15) is 0 Å².